The van der Waals surface area contributed by atoms with E-state index >= 15 is 0 Å². The number of aromatic nitrogens is 2. The Morgan fingerprint density at radius 3 is 2.45 bits per heavy atom. The minimum Gasteiger partial charge on any atom is -0.506 e. The molecular formula is C33H35N3O3S. The number of aromatic hydroxyl groups is 1. The summed E-state index contributed by atoms with van der Waals surface area (Å²) in [5.41, 5.74) is 3.58. The Morgan fingerprint density at radius 2 is 1.68 bits per heavy atom. The topological polar surface area (TPSA) is 84.2 Å². The Balaban J connectivity index is 1.35. The molecule has 2 N–H and O–H groups in total. The summed E-state index contributed by atoms with van der Waals surface area (Å²) in [5.74, 6) is -0.903. The molecule has 206 valence electrons. The van der Waals surface area contributed by atoms with Crippen molar-refractivity contribution in [2.24, 2.45) is 0 Å². The Labute approximate surface area is 238 Å². The smallest absolute Gasteiger partial charge is 0.267 e. The zero-order valence-corrected chi connectivity index (χ0v) is 23.9. The summed E-state index contributed by atoms with van der Waals surface area (Å²) in [5, 5.41) is 15.2. The van der Waals surface area contributed by atoms with E-state index in [0.717, 1.165) is 40.1 Å². The van der Waals surface area contributed by atoms with E-state index in [1.165, 1.54) is 31.2 Å². The molecule has 5 aromatic rings. The van der Waals surface area contributed by atoms with Gasteiger partial charge in [-0.05, 0) is 67.4 Å². The Kier molecular flexibility index (Phi) is 8.60. The van der Waals surface area contributed by atoms with E-state index < -0.39 is 11.5 Å². The van der Waals surface area contributed by atoms with E-state index in [9.17, 15) is 14.7 Å². The number of nitrogens with one attached hydrogen (secondary N) is 1. The highest BCUT2D eigenvalue weighted by atomic mass is 32.1. The molecule has 0 unspecified atom stereocenters. The Morgan fingerprint density at radius 1 is 0.950 bits per heavy atom. The lowest BCUT2D eigenvalue weighted by molar-refractivity contribution is 0.102. The molecule has 0 atom stereocenters. The molecule has 0 spiro atoms. The maximum Gasteiger partial charge on any atom is 0.267 e. The summed E-state index contributed by atoms with van der Waals surface area (Å²) in [4.78, 5) is 31.6. The molecule has 0 fully saturated rings. The average Bonchev–Trinajstić information content (AvgIpc) is 3.38. The van der Waals surface area contributed by atoms with Gasteiger partial charge < -0.3 is 15.0 Å². The van der Waals surface area contributed by atoms with Crippen LogP contribution in [-0.2, 0) is 6.54 Å². The zero-order valence-electron chi connectivity index (χ0n) is 23.1. The van der Waals surface area contributed by atoms with Gasteiger partial charge in [0.05, 0.1) is 15.7 Å². The number of unbranched alkanes of at least 4 members (excludes halogenated alkanes) is 6. The van der Waals surface area contributed by atoms with Crippen LogP contribution >= 0.6 is 11.3 Å². The van der Waals surface area contributed by atoms with Crippen molar-refractivity contribution >= 4 is 44.1 Å². The molecular weight excluding hydrogens is 518 g/mol. The van der Waals surface area contributed by atoms with Crippen molar-refractivity contribution in [3.63, 3.8) is 0 Å². The number of pyridine rings is 1. The highest BCUT2D eigenvalue weighted by molar-refractivity contribution is 7.21. The van der Waals surface area contributed by atoms with Crippen LogP contribution in [0.15, 0.2) is 71.5 Å². The predicted molar refractivity (Wildman–Crippen MR) is 166 cm³/mol. The molecule has 5 rings (SSSR count). The van der Waals surface area contributed by atoms with Crippen LogP contribution in [0.5, 0.6) is 5.75 Å². The molecule has 0 saturated heterocycles. The Hall–Kier alpha value is -3.97. The fourth-order valence-corrected chi connectivity index (χ4v) is 6.16. The van der Waals surface area contributed by atoms with Gasteiger partial charge >= 0.3 is 0 Å². The van der Waals surface area contributed by atoms with Gasteiger partial charge in [0.15, 0.2) is 0 Å². The van der Waals surface area contributed by atoms with Crippen LogP contribution in [0.4, 0.5) is 5.69 Å². The summed E-state index contributed by atoms with van der Waals surface area (Å²) in [7, 11) is 0. The number of carbonyl (C=O) groups excluding carboxylic acids is 1. The number of thiazole rings is 1. The van der Waals surface area contributed by atoms with Crippen LogP contribution in [-0.4, -0.2) is 20.6 Å². The standard InChI is InChI=1S/C33H35N3O3S/c1-3-4-5-6-7-8-11-20-36-27-13-10-9-12-25(27)30(37)29(33(36)39)31(38)34-24-17-15-23(16-18-24)32-35-26-19-14-22(2)21-28(26)40-32/h9-10,12-19,21,37H,3-8,11,20H2,1-2H3,(H,34,38). The average molecular weight is 554 g/mol. The van der Waals surface area contributed by atoms with Crippen LogP contribution < -0.4 is 10.9 Å². The molecule has 2 heterocycles. The normalized spacial score (nSPS) is 11.3. The van der Waals surface area contributed by atoms with Crippen molar-refractivity contribution < 1.29 is 9.90 Å². The van der Waals surface area contributed by atoms with Crippen LogP contribution in [0, 0.1) is 6.92 Å². The quantitative estimate of drug-likeness (QED) is 0.161. The molecule has 1 amide bonds. The fourth-order valence-electron chi connectivity index (χ4n) is 5.09. The molecule has 40 heavy (non-hydrogen) atoms. The molecule has 2 aromatic heterocycles. The molecule has 0 bridgehead atoms. The lowest BCUT2D eigenvalue weighted by atomic mass is 10.1. The van der Waals surface area contributed by atoms with E-state index in [4.69, 9.17) is 4.98 Å². The second-order valence-electron chi connectivity index (χ2n) is 10.3. The van der Waals surface area contributed by atoms with Gasteiger partial charge in [0.1, 0.15) is 16.3 Å². The summed E-state index contributed by atoms with van der Waals surface area (Å²) in [6.07, 6.45) is 7.90. The fraction of sp³-hybridized carbons (Fsp3) is 0.303. The molecule has 0 radical (unpaired) electrons. The number of amides is 1. The van der Waals surface area contributed by atoms with Crippen molar-refractivity contribution in [1.29, 1.82) is 0 Å². The molecule has 7 heteroatoms. The second kappa shape index (κ2) is 12.5. The number of anilines is 1. The first-order chi connectivity index (χ1) is 19.5. The predicted octanol–water partition coefficient (Wildman–Crippen LogP) is 8.30. The van der Waals surface area contributed by atoms with Crippen molar-refractivity contribution in [3.05, 3.63) is 88.2 Å². The monoisotopic (exact) mass is 553 g/mol. The minimum atomic E-state index is -0.621. The second-order valence-corrected chi connectivity index (χ2v) is 11.4. The number of rotatable bonds is 11. The molecule has 0 aliphatic heterocycles. The van der Waals surface area contributed by atoms with Crippen LogP contribution in [0.1, 0.15) is 67.8 Å². The van der Waals surface area contributed by atoms with Crippen molar-refractivity contribution in [3.8, 4) is 16.3 Å². The van der Waals surface area contributed by atoms with E-state index in [1.54, 1.807) is 40.2 Å². The van der Waals surface area contributed by atoms with Crippen LogP contribution in [0.25, 0.3) is 31.7 Å². The summed E-state index contributed by atoms with van der Waals surface area (Å²) in [6, 6.07) is 20.8. The SMILES string of the molecule is CCCCCCCCCn1c(=O)c(C(=O)Nc2ccc(-c3nc4ccc(C)cc4s3)cc2)c(O)c2ccccc21. The Bertz CT molecular complexity index is 1700. The first-order valence-corrected chi connectivity index (χ1v) is 14.9. The number of carbonyl (C=O) groups is 1. The third kappa shape index (κ3) is 5.94. The largest absolute Gasteiger partial charge is 0.506 e. The van der Waals surface area contributed by atoms with Gasteiger partial charge in [-0.2, -0.15) is 0 Å². The van der Waals surface area contributed by atoms with Crippen molar-refractivity contribution in [2.45, 2.75) is 65.3 Å². The van der Waals surface area contributed by atoms with Gasteiger partial charge in [0.2, 0.25) is 0 Å². The number of benzene rings is 3. The number of para-hydroxylation sites is 1. The van der Waals surface area contributed by atoms with Gasteiger partial charge in [-0.3, -0.25) is 9.59 Å². The molecule has 0 aliphatic carbocycles. The maximum atomic E-state index is 13.5. The zero-order chi connectivity index (χ0) is 28.1. The lowest BCUT2D eigenvalue weighted by Crippen LogP contribution is -2.30. The molecule has 0 aliphatic rings. The van der Waals surface area contributed by atoms with E-state index in [1.807, 2.05) is 30.3 Å². The third-order valence-corrected chi connectivity index (χ3v) is 8.36. The summed E-state index contributed by atoms with van der Waals surface area (Å²) < 4.78 is 2.76. The molecule has 3 aromatic carbocycles. The van der Waals surface area contributed by atoms with E-state index in [0.29, 0.717) is 23.1 Å². The van der Waals surface area contributed by atoms with Crippen LogP contribution in [0.3, 0.4) is 0 Å². The maximum absolute atomic E-state index is 13.5. The third-order valence-electron chi connectivity index (χ3n) is 7.29. The first kappa shape index (κ1) is 27.6. The number of aryl methyl sites for hydroxylation is 2. The number of fused-ring (bicyclic) bond motifs is 2. The number of hydrogen-bond acceptors (Lipinski definition) is 5. The lowest BCUT2D eigenvalue weighted by Gasteiger charge is -2.15. The number of nitrogens with zero attached hydrogens (tertiary/aromatic N) is 2. The number of hydrogen-bond donors (Lipinski definition) is 2. The summed E-state index contributed by atoms with van der Waals surface area (Å²) in [6.45, 7) is 4.77. The highest BCUT2D eigenvalue weighted by Gasteiger charge is 2.22. The molecule has 6 nitrogen and oxygen atoms in total. The van der Waals surface area contributed by atoms with Crippen molar-refractivity contribution in [1.82, 2.24) is 9.55 Å². The van der Waals surface area contributed by atoms with Gasteiger partial charge in [0.25, 0.3) is 11.5 Å². The van der Waals surface area contributed by atoms with E-state index in [-0.39, 0.29) is 11.3 Å². The van der Waals surface area contributed by atoms with Gasteiger partial charge in [-0.1, -0.05) is 63.6 Å². The minimum absolute atomic E-state index is 0.229. The van der Waals surface area contributed by atoms with Crippen molar-refractivity contribution in [2.75, 3.05) is 5.32 Å². The van der Waals surface area contributed by atoms with Gasteiger partial charge in [-0.15, -0.1) is 11.3 Å². The van der Waals surface area contributed by atoms with E-state index in [2.05, 4.69) is 31.3 Å². The van der Waals surface area contributed by atoms with Gasteiger partial charge in [-0.25, -0.2) is 4.98 Å². The van der Waals surface area contributed by atoms with Gasteiger partial charge in [0, 0.05) is 23.2 Å². The molecule has 0 saturated carbocycles. The summed E-state index contributed by atoms with van der Waals surface area (Å²) >= 11 is 1.62. The first-order valence-electron chi connectivity index (χ1n) is 14.1. The van der Waals surface area contributed by atoms with Crippen LogP contribution in [0.2, 0.25) is 0 Å². The highest BCUT2D eigenvalue weighted by Crippen LogP contribution is 2.32.